The van der Waals surface area contributed by atoms with E-state index in [1.165, 1.54) is 0 Å². The Hall–Kier alpha value is -1.55. The van der Waals surface area contributed by atoms with E-state index in [0.717, 1.165) is 17.7 Å². The van der Waals surface area contributed by atoms with Gasteiger partial charge in [0.25, 0.3) is 0 Å². The number of amides is 1. The number of methoxy groups -OCH3 is 1. The van der Waals surface area contributed by atoms with Gasteiger partial charge in [-0.15, -0.1) is 0 Å². The summed E-state index contributed by atoms with van der Waals surface area (Å²) in [4.78, 5) is 11.0. The van der Waals surface area contributed by atoms with Crippen LogP contribution in [0.2, 0.25) is 0 Å². The number of carbonyl (C=O) groups excluding carboxylic acids is 1. The Labute approximate surface area is 102 Å². The maximum absolute atomic E-state index is 11.0. The largest absolute Gasteiger partial charge is 0.497 e. The first-order valence-electron chi connectivity index (χ1n) is 5.77. The SMILES string of the molecule is CC[C@@H](N[C@@H](C)C(N)=O)c1ccc(OC)cc1. The smallest absolute Gasteiger partial charge is 0.234 e. The van der Waals surface area contributed by atoms with Crippen LogP contribution in [-0.2, 0) is 4.79 Å². The second-order valence-corrected chi connectivity index (χ2v) is 4.02. The van der Waals surface area contributed by atoms with Crippen LogP contribution in [0, 0.1) is 0 Å². The monoisotopic (exact) mass is 236 g/mol. The molecule has 0 saturated carbocycles. The molecule has 0 heterocycles. The summed E-state index contributed by atoms with van der Waals surface area (Å²) in [6.07, 6.45) is 0.893. The van der Waals surface area contributed by atoms with Gasteiger partial charge in [0.05, 0.1) is 13.2 Å². The average Bonchev–Trinajstić information content (AvgIpc) is 2.35. The van der Waals surface area contributed by atoms with E-state index in [-0.39, 0.29) is 18.0 Å². The van der Waals surface area contributed by atoms with Crippen molar-refractivity contribution in [2.24, 2.45) is 5.73 Å². The van der Waals surface area contributed by atoms with Gasteiger partial charge in [0.1, 0.15) is 5.75 Å². The summed E-state index contributed by atoms with van der Waals surface area (Å²) >= 11 is 0. The number of nitrogens with one attached hydrogen (secondary N) is 1. The topological polar surface area (TPSA) is 64.3 Å². The molecule has 0 bridgehead atoms. The molecule has 0 aromatic heterocycles. The summed E-state index contributed by atoms with van der Waals surface area (Å²) in [5.74, 6) is 0.489. The lowest BCUT2D eigenvalue weighted by Crippen LogP contribution is -2.40. The lowest BCUT2D eigenvalue weighted by Gasteiger charge is -2.21. The number of primary amides is 1. The Morgan fingerprint density at radius 1 is 1.41 bits per heavy atom. The van der Waals surface area contributed by atoms with Gasteiger partial charge in [-0.05, 0) is 31.0 Å². The summed E-state index contributed by atoms with van der Waals surface area (Å²) in [5.41, 5.74) is 6.37. The molecule has 0 saturated heterocycles. The van der Waals surface area contributed by atoms with Crippen LogP contribution in [0.1, 0.15) is 31.9 Å². The third kappa shape index (κ3) is 3.75. The normalized spacial score (nSPS) is 14.1. The predicted molar refractivity (Wildman–Crippen MR) is 67.8 cm³/mol. The van der Waals surface area contributed by atoms with Gasteiger partial charge in [-0.2, -0.15) is 0 Å². The number of hydrogen-bond donors (Lipinski definition) is 2. The quantitative estimate of drug-likeness (QED) is 0.788. The van der Waals surface area contributed by atoms with Crippen molar-refractivity contribution in [1.82, 2.24) is 5.32 Å². The third-order valence-corrected chi connectivity index (χ3v) is 2.80. The molecule has 2 atom stereocenters. The minimum Gasteiger partial charge on any atom is -0.497 e. The van der Waals surface area contributed by atoms with Crippen molar-refractivity contribution in [3.05, 3.63) is 29.8 Å². The fraction of sp³-hybridized carbons (Fsp3) is 0.462. The van der Waals surface area contributed by atoms with Crippen molar-refractivity contribution < 1.29 is 9.53 Å². The maximum Gasteiger partial charge on any atom is 0.234 e. The number of carbonyl (C=O) groups is 1. The first-order valence-corrected chi connectivity index (χ1v) is 5.77. The number of nitrogens with two attached hydrogens (primary N) is 1. The first kappa shape index (κ1) is 13.5. The zero-order valence-electron chi connectivity index (χ0n) is 10.6. The highest BCUT2D eigenvalue weighted by molar-refractivity contribution is 5.79. The van der Waals surface area contributed by atoms with Crippen molar-refractivity contribution in [3.8, 4) is 5.75 Å². The van der Waals surface area contributed by atoms with Gasteiger partial charge < -0.3 is 10.5 Å². The molecule has 0 unspecified atom stereocenters. The summed E-state index contributed by atoms with van der Waals surface area (Å²) in [6.45, 7) is 3.84. The Balaban J connectivity index is 2.75. The summed E-state index contributed by atoms with van der Waals surface area (Å²) in [6, 6.07) is 7.61. The molecule has 1 aromatic rings. The fourth-order valence-electron chi connectivity index (χ4n) is 1.67. The minimum atomic E-state index is -0.336. The highest BCUT2D eigenvalue weighted by Gasteiger charge is 2.15. The number of hydrogen-bond acceptors (Lipinski definition) is 3. The van der Waals surface area contributed by atoms with E-state index >= 15 is 0 Å². The number of rotatable bonds is 6. The maximum atomic E-state index is 11.0. The molecule has 1 rings (SSSR count). The van der Waals surface area contributed by atoms with Gasteiger partial charge in [-0.25, -0.2) is 0 Å². The molecule has 17 heavy (non-hydrogen) atoms. The molecule has 4 heteroatoms. The van der Waals surface area contributed by atoms with Crippen LogP contribution in [0.25, 0.3) is 0 Å². The molecule has 1 aromatic carbocycles. The lowest BCUT2D eigenvalue weighted by atomic mass is 10.0. The van der Waals surface area contributed by atoms with Crippen LogP contribution in [0.4, 0.5) is 0 Å². The second-order valence-electron chi connectivity index (χ2n) is 4.02. The van der Waals surface area contributed by atoms with Crippen molar-refractivity contribution >= 4 is 5.91 Å². The van der Waals surface area contributed by atoms with Gasteiger partial charge in [-0.1, -0.05) is 19.1 Å². The van der Waals surface area contributed by atoms with E-state index in [9.17, 15) is 4.79 Å². The van der Waals surface area contributed by atoms with Crippen LogP contribution in [0.15, 0.2) is 24.3 Å². The third-order valence-electron chi connectivity index (χ3n) is 2.80. The van der Waals surface area contributed by atoms with Crippen molar-refractivity contribution in [2.75, 3.05) is 7.11 Å². The van der Waals surface area contributed by atoms with Gasteiger partial charge in [0.2, 0.25) is 5.91 Å². The Bertz CT molecular complexity index is 362. The molecule has 0 radical (unpaired) electrons. The van der Waals surface area contributed by atoms with E-state index in [2.05, 4.69) is 12.2 Å². The van der Waals surface area contributed by atoms with E-state index in [1.54, 1.807) is 14.0 Å². The molecule has 0 aliphatic rings. The van der Waals surface area contributed by atoms with Crippen molar-refractivity contribution in [1.29, 1.82) is 0 Å². The van der Waals surface area contributed by atoms with E-state index in [4.69, 9.17) is 10.5 Å². The van der Waals surface area contributed by atoms with Crippen LogP contribution in [0.5, 0.6) is 5.75 Å². The molecule has 0 fully saturated rings. The molecule has 0 aliphatic carbocycles. The molecular weight excluding hydrogens is 216 g/mol. The minimum absolute atomic E-state index is 0.128. The highest BCUT2D eigenvalue weighted by Crippen LogP contribution is 2.20. The zero-order valence-corrected chi connectivity index (χ0v) is 10.6. The van der Waals surface area contributed by atoms with Gasteiger partial charge >= 0.3 is 0 Å². The highest BCUT2D eigenvalue weighted by atomic mass is 16.5. The number of ether oxygens (including phenoxy) is 1. The van der Waals surface area contributed by atoms with E-state index < -0.39 is 0 Å². The molecule has 3 N–H and O–H groups in total. The van der Waals surface area contributed by atoms with Gasteiger partial charge in [0, 0.05) is 6.04 Å². The van der Waals surface area contributed by atoms with Crippen LogP contribution in [0.3, 0.4) is 0 Å². The Morgan fingerprint density at radius 3 is 2.41 bits per heavy atom. The molecule has 1 amide bonds. The van der Waals surface area contributed by atoms with Crippen molar-refractivity contribution in [2.45, 2.75) is 32.4 Å². The Morgan fingerprint density at radius 2 is 2.00 bits per heavy atom. The van der Waals surface area contributed by atoms with Gasteiger partial charge in [-0.3, -0.25) is 10.1 Å². The van der Waals surface area contributed by atoms with Gasteiger partial charge in [0.15, 0.2) is 0 Å². The zero-order chi connectivity index (χ0) is 12.8. The standard InChI is InChI=1S/C13H20N2O2/c1-4-12(15-9(2)13(14)16)10-5-7-11(17-3)8-6-10/h5-9,12,15H,4H2,1-3H3,(H2,14,16)/t9-,12+/m0/s1. The molecule has 0 aliphatic heterocycles. The molecule has 0 spiro atoms. The summed E-state index contributed by atoms with van der Waals surface area (Å²) in [7, 11) is 1.64. The first-order chi connectivity index (χ1) is 8.08. The van der Waals surface area contributed by atoms with Crippen LogP contribution in [-0.4, -0.2) is 19.1 Å². The molecule has 94 valence electrons. The number of benzene rings is 1. The van der Waals surface area contributed by atoms with Crippen LogP contribution >= 0.6 is 0 Å². The summed E-state index contributed by atoms with van der Waals surface area (Å²) < 4.78 is 5.11. The van der Waals surface area contributed by atoms with E-state index in [0.29, 0.717) is 0 Å². The fourth-order valence-corrected chi connectivity index (χ4v) is 1.67. The predicted octanol–water partition coefficient (Wildman–Crippen LogP) is 1.61. The molecule has 4 nitrogen and oxygen atoms in total. The molecular formula is C13H20N2O2. The van der Waals surface area contributed by atoms with Crippen LogP contribution < -0.4 is 15.8 Å². The van der Waals surface area contributed by atoms with E-state index in [1.807, 2.05) is 24.3 Å². The average molecular weight is 236 g/mol. The summed E-state index contributed by atoms with van der Waals surface area (Å²) in [5, 5.41) is 3.20. The second kappa shape index (κ2) is 6.25. The van der Waals surface area contributed by atoms with Crippen molar-refractivity contribution in [3.63, 3.8) is 0 Å². The Kier molecular flexibility index (Phi) is 4.97. The lowest BCUT2D eigenvalue weighted by molar-refractivity contribution is -0.119.